The fraction of sp³-hybridized carbons (Fsp3) is 0.438. The summed E-state index contributed by atoms with van der Waals surface area (Å²) in [5, 5.41) is 3.20. The van der Waals surface area contributed by atoms with E-state index in [9.17, 15) is 4.79 Å². The molecule has 0 aliphatic heterocycles. The minimum Gasteiger partial charge on any atom is -0.465 e. The van der Waals surface area contributed by atoms with Crippen molar-refractivity contribution in [3.63, 3.8) is 0 Å². The number of aryl methyl sites for hydroxylation is 1. The number of hydrogen-bond acceptors (Lipinski definition) is 3. The largest absolute Gasteiger partial charge is 0.465 e. The van der Waals surface area contributed by atoms with E-state index in [-0.39, 0.29) is 5.97 Å². The lowest BCUT2D eigenvalue weighted by Crippen LogP contribution is -2.56. The molecule has 1 N–H and O–H groups in total. The second-order valence-corrected chi connectivity index (χ2v) is 4.81. The van der Waals surface area contributed by atoms with Gasteiger partial charge < -0.3 is 4.74 Å². The van der Waals surface area contributed by atoms with Crippen molar-refractivity contribution < 1.29 is 9.53 Å². The highest BCUT2D eigenvalue weighted by atomic mass is 16.5. The number of nitrogens with one attached hydrogen (secondary N) is 1. The maximum atomic E-state index is 12.3. The van der Waals surface area contributed by atoms with Gasteiger partial charge in [-0.3, -0.25) is 10.1 Å². The molecule has 100 valence electrons. The number of esters is 1. The zero-order valence-electron chi connectivity index (χ0n) is 11.2. The number of carbonyl (C=O) groups is 1. The zero-order valence-corrected chi connectivity index (χ0v) is 11.2. The van der Waals surface area contributed by atoms with Crippen LogP contribution in [0.1, 0.15) is 24.5 Å². The molecule has 0 fully saturated rings. The van der Waals surface area contributed by atoms with Gasteiger partial charge in [-0.25, -0.2) is 0 Å². The molecule has 1 aromatic carbocycles. The Balaban J connectivity index is 2.26. The van der Waals surface area contributed by atoms with Crippen molar-refractivity contribution in [2.24, 2.45) is 0 Å². The smallest absolute Gasteiger partial charge is 0.326 e. The Bertz CT molecular complexity index is 504. The first-order valence-corrected chi connectivity index (χ1v) is 6.64. The van der Waals surface area contributed by atoms with Crippen molar-refractivity contribution in [2.45, 2.75) is 31.7 Å². The number of hydrogen-bond donors (Lipinski definition) is 1. The van der Waals surface area contributed by atoms with Gasteiger partial charge >= 0.3 is 5.97 Å². The van der Waals surface area contributed by atoms with E-state index >= 15 is 0 Å². The first kappa shape index (κ1) is 13.6. The molecule has 1 aliphatic carbocycles. The van der Waals surface area contributed by atoms with E-state index in [0.717, 1.165) is 12.8 Å². The third-order valence-corrected chi connectivity index (χ3v) is 3.63. The summed E-state index contributed by atoms with van der Waals surface area (Å²) in [5.41, 5.74) is 1.84. The Morgan fingerprint density at radius 3 is 2.89 bits per heavy atom. The van der Waals surface area contributed by atoms with Crippen molar-refractivity contribution in [3.8, 4) is 12.3 Å². The Morgan fingerprint density at radius 2 is 2.21 bits per heavy atom. The minimum absolute atomic E-state index is 0.195. The van der Waals surface area contributed by atoms with Crippen molar-refractivity contribution in [1.82, 2.24) is 5.32 Å². The van der Waals surface area contributed by atoms with Gasteiger partial charge in [-0.1, -0.05) is 30.2 Å². The SMILES string of the molecule is C#CCNC1(C(=O)OCC)CCc2ccccc2C1. The number of terminal acetylenes is 1. The Hall–Kier alpha value is -1.79. The second kappa shape index (κ2) is 5.90. The topological polar surface area (TPSA) is 38.3 Å². The van der Waals surface area contributed by atoms with Crippen LogP contribution >= 0.6 is 0 Å². The number of benzene rings is 1. The van der Waals surface area contributed by atoms with Gasteiger partial charge in [-0.05, 0) is 30.9 Å². The van der Waals surface area contributed by atoms with Crippen molar-refractivity contribution in [1.29, 1.82) is 0 Å². The fourth-order valence-electron chi connectivity index (χ4n) is 2.62. The molecule has 0 amide bonds. The van der Waals surface area contributed by atoms with Gasteiger partial charge in [0.2, 0.25) is 0 Å². The van der Waals surface area contributed by atoms with Crippen LogP contribution in [0.2, 0.25) is 0 Å². The molecule has 3 heteroatoms. The number of fused-ring (bicyclic) bond motifs is 1. The second-order valence-electron chi connectivity index (χ2n) is 4.81. The molecule has 1 aromatic rings. The summed E-state index contributed by atoms with van der Waals surface area (Å²) in [6.45, 7) is 2.59. The number of ether oxygens (including phenoxy) is 1. The normalized spacial score (nSPS) is 21.3. The molecule has 0 spiro atoms. The maximum absolute atomic E-state index is 12.3. The summed E-state index contributed by atoms with van der Waals surface area (Å²) in [4.78, 5) is 12.3. The Morgan fingerprint density at radius 1 is 1.47 bits per heavy atom. The third-order valence-electron chi connectivity index (χ3n) is 3.63. The molecule has 3 nitrogen and oxygen atoms in total. The van der Waals surface area contributed by atoms with Crippen LogP contribution in [0.3, 0.4) is 0 Å². The summed E-state index contributed by atoms with van der Waals surface area (Å²) >= 11 is 0. The average Bonchev–Trinajstić information content (AvgIpc) is 2.45. The van der Waals surface area contributed by atoms with Crippen LogP contribution < -0.4 is 5.32 Å². The standard InChI is InChI=1S/C16H19NO2/c1-3-11-17-16(15(18)19-4-2)10-9-13-7-5-6-8-14(13)12-16/h1,5-8,17H,4,9-12H2,2H3. The zero-order chi connectivity index (χ0) is 13.7. The van der Waals surface area contributed by atoms with Gasteiger partial charge in [0.15, 0.2) is 0 Å². The van der Waals surface area contributed by atoms with E-state index in [2.05, 4.69) is 23.4 Å². The van der Waals surface area contributed by atoms with Gasteiger partial charge in [0.05, 0.1) is 13.2 Å². The lowest BCUT2D eigenvalue weighted by atomic mass is 9.78. The van der Waals surface area contributed by atoms with Crippen LogP contribution in [-0.4, -0.2) is 24.7 Å². The van der Waals surface area contributed by atoms with Crippen LogP contribution in [0.25, 0.3) is 0 Å². The van der Waals surface area contributed by atoms with E-state index in [1.807, 2.05) is 19.1 Å². The number of carbonyl (C=O) groups excluding carboxylic acids is 1. The van der Waals surface area contributed by atoms with E-state index in [1.165, 1.54) is 11.1 Å². The lowest BCUT2D eigenvalue weighted by Gasteiger charge is -2.36. The quantitative estimate of drug-likeness (QED) is 0.659. The van der Waals surface area contributed by atoms with E-state index in [4.69, 9.17) is 11.2 Å². The summed E-state index contributed by atoms with van der Waals surface area (Å²) < 4.78 is 5.23. The molecule has 1 aliphatic rings. The molecule has 0 saturated heterocycles. The lowest BCUT2D eigenvalue weighted by molar-refractivity contribution is -0.151. The first-order chi connectivity index (χ1) is 9.22. The van der Waals surface area contributed by atoms with Crippen LogP contribution in [0.4, 0.5) is 0 Å². The predicted molar refractivity (Wildman–Crippen MR) is 74.7 cm³/mol. The molecule has 1 unspecified atom stereocenters. The first-order valence-electron chi connectivity index (χ1n) is 6.64. The Kier molecular flexibility index (Phi) is 4.24. The van der Waals surface area contributed by atoms with Gasteiger partial charge in [0.1, 0.15) is 5.54 Å². The van der Waals surface area contributed by atoms with E-state index in [1.54, 1.807) is 0 Å². The monoisotopic (exact) mass is 257 g/mol. The summed E-state index contributed by atoms with van der Waals surface area (Å²) in [6.07, 6.45) is 7.55. The summed E-state index contributed by atoms with van der Waals surface area (Å²) in [5.74, 6) is 2.35. The van der Waals surface area contributed by atoms with Gasteiger partial charge in [0.25, 0.3) is 0 Å². The predicted octanol–water partition coefficient (Wildman–Crippen LogP) is 1.70. The van der Waals surface area contributed by atoms with Crippen molar-refractivity contribution >= 4 is 5.97 Å². The Labute approximate surface area is 114 Å². The van der Waals surface area contributed by atoms with Crippen molar-refractivity contribution in [2.75, 3.05) is 13.2 Å². The van der Waals surface area contributed by atoms with Crippen LogP contribution in [-0.2, 0) is 22.4 Å². The highest BCUT2D eigenvalue weighted by molar-refractivity contribution is 5.82. The summed E-state index contributed by atoms with van der Waals surface area (Å²) in [7, 11) is 0. The molecule has 0 radical (unpaired) electrons. The van der Waals surface area contributed by atoms with Crippen LogP contribution in [0.15, 0.2) is 24.3 Å². The van der Waals surface area contributed by atoms with Gasteiger partial charge in [-0.2, -0.15) is 0 Å². The van der Waals surface area contributed by atoms with Gasteiger partial charge in [-0.15, -0.1) is 6.42 Å². The molecule has 0 heterocycles. The molecule has 2 rings (SSSR count). The molecular weight excluding hydrogens is 238 g/mol. The molecule has 1 atom stereocenters. The maximum Gasteiger partial charge on any atom is 0.326 e. The molecule has 0 aromatic heterocycles. The molecular formula is C16H19NO2. The highest BCUT2D eigenvalue weighted by Crippen LogP contribution is 2.29. The minimum atomic E-state index is -0.670. The molecule has 0 bridgehead atoms. The van der Waals surface area contributed by atoms with E-state index < -0.39 is 5.54 Å². The molecule has 0 saturated carbocycles. The van der Waals surface area contributed by atoms with Gasteiger partial charge in [0, 0.05) is 6.42 Å². The molecule has 19 heavy (non-hydrogen) atoms. The van der Waals surface area contributed by atoms with Crippen LogP contribution in [0, 0.1) is 12.3 Å². The fourth-order valence-corrected chi connectivity index (χ4v) is 2.62. The summed E-state index contributed by atoms with van der Waals surface area (Å²) in [6, 6.07) is 8.22. The highest BCUT2D eigenvalue weighted by Gasteiger charge is 2.41. The third kappa shape index (κ3) is 2.80. The average molecular weight is 257 g/mol. The van der Waals surface area contributed by atoms with Crippen molar-refractivity contribution in [3.05, 3.63) is 35.4 Å². The number of rotatable bonds is 4. The van der Waals surface area contributed by atoms with Crippen LogP contribution in [0.5, 0.6) is 0 Å². The van der Waals surface area contributed by atoms with E-state index in [0.29, 0.717) is 19.6 Å².